The minimum absolute atomic E-state index is 0.0407. The first-order chi connectivity index (χ1) is 21.3. The first-order valence-corrected chi connectivity index (χ1v) is 14.5. The summed E-state index contributed by atoms with van der Waals surface area (Å²) in [4.78, 5) is 76.3. The Balaban J connectivity index is 2.08. The van der Waals surface area contributed by atoms with Crippen LogP contribution in [-0.2, 0) is 35.2 Å². The lowest BCUT2D eigenvalue weighted by Gasteiger charge is -2.22. The van der Waals surface area contributed by atoms with Gasteiger partial charge in [0.25, 0.3) is 0 Å². The molecule has 0 bridgehead atoms. The molecule has 0 saturated heterocycles. The molecule has 4 amide bonds. The van der Waals surface area contributed by atoms with Gasteiger partial charge in [0, 0.05) is 49.8 Å². The molecule has 0 spiro atoms. The zero-order chi connectivity index (χ0) is 33.5. The lowest BCUT2D eigenvalue weighted by Crippen LogP contribution is -2.54. The molecule has 45 heavy (non-hydrogen) atoms. The highest BCUT2D eigenvalue weighted by atomic mass is 16.4. The summed E-state index contributed by atoms with van der Waals surface area (Å²) in [6, 6.07) is 2.69. The monoisotopic (exact) mass is 630 g/mol. The quantitative estimate of drug-likeness (QED) is 0.0506. The van der Waals surface area contributed by atoms with E-state index in [0.29, 0.717) is 25.7 Å². The summed E-state index contributed by atoms with van der Waals surface area (Å²) in [5, 5.41) is 36.6. The molecule has 2 aromatic rings. The van der Waals surface area contributed by atoms with Crippen molar-refractivity contribution in [3.05, 3.63) is 36.0 Å². The molecule has 0 unspecified atom stereocenters. The number of carbonyl (C=O) groups is 6. The summed E-state index contributed by atoms with van der Waals surface area (Å²) in [6.45, 7) is 0.936. The van der Waals surface area contributed by atoms with Crippen molar-refractivity contribution in [3.63, 3.8) is 0 Å². The van der Waals surface area contributed by atoms with Gasteiger partial charge in [0.1, 0.15) is 18.1 Å². The zero-order valence-electron chi connectivity index (χ0n) is 25.1. The average Bonchev–Trinajstić information content (AvgIpc) is 3.38. The second-order valence-corrected chi connectivity index (χ2v) is 10.7. The van der Waals surface area contributed by atoms with Crippen LogP contribution in [0.2, 0.25) is 0 Å². The van der Waals surface area contributed by atoms with E-state index in [9.17, 15) is 33.9 Å². The molecule has 4 atom stereocenters. The maximum Gasteiger partial charge on any atom is 0.326 e. The number of aliphatic carboxylic acids is 2. The van der Waals surface area contributed by atoms with Crippen LogP contribution in [-0.4, -0.2) is 87.3 Å². The summed E-state index contributed by atoms with van der Waals surface area (Å²) in [5.74, 6) is -5.20. The van der Waals surface area contributed by atoms with Gasteiger partial charge in [-0.1, -0.05) is 24.6 Å². The molecule has 12 N–H and O–H groups in total. The Morgan fingerprint density at radius 3 is 2.20 bits per heavy atom. The topological polar surface area (TPSA) is 283 Å². The number of amidine groups is 1. The molecule has 0 fully saturated rings. The van der Waals surface area contributed by atoms with E-state index < -0.39 is 66.2 Å². The molecule has 0 aliphatic carbocycles. The second kappa shape index (κ2) is 18.0. The molecule has 246 valence electrons. The Bertz CT molecular complexity index is 1380. The Morgan fingerprint density at radius 1 is 0.867 bits per heavy atom. The molecule has 1 heterocycles. The maximum absolute atomic E-state index is 13.3. The van der Waals surface area contributed by atoms with Crippen LogP contribution in [0, 0.1) is 5.41 Å². The number of amides is 4. The van der Waals surface area contributed by atoms with Crippen molar-refractivity contribution in [2.75, 3.05) is 6.54 Å². The molecule has 0 aliphatic rings. The highest BCUT2D eigenvalue weighted by Gasteiger charge is 2.28. The van der Waals surface area contributed by atoms with Gasteiger partial charge in [0.05, 0.1) is 11.9 Å². The number of hydrogen-bond donors (Lipinski definition) is 10. The number of carbonyl (C=O) groups excluding carboxylic acids is 4. The van der Waals surface area contributed by atoms with Crippen molar-refractivity contribution in [2.24, 2.45) is 11.5 Å². The number of benzene rings is 1. The third-order valence-corrected chi connectivity index (χ3v) is 6.97. The maximum atomic E-state index is 13.3. The number of para-hydroxylation sites is 1. The highest BCUT2D eigenvalue weighted by Crippen LogP contribution is 2.19. The number of carboxylic acid groups (broad SMARTS) is 2. The van der Waals surface area contributed by atoms with Crippen molar-refractivity contribution in [1.82, 2.24) is 26.3 Å². The van der Waals surface area contributed by atoms with E-state index in [4.69, 9.17) is 22.0 Å². The number of fused-ring (bicyclic) bond motifs is 1. The second-order valence-electron chi connectivity index (χ2n) is 10.7. The summed E-state index contributed by atoms with van der Waals surface area (Å²) in [6.07, 6.45) is 2.72. The number of nitrogens with two attached hydrogens (primary N) is 2. The SMILES string of the molecule is CC(=O)N[C@H](CCC(=O)O)C(=O)N[C@H](CCNC(=O)[C@@H](Cc1c[nH]c2ccccc12)NC(=O)[C@@H](N)CCCCC(=N)N)C(=O)O. The molecule has 16 nitrogen and oxygen atoms in total. The largest absolute Gasteiger partial charge is 0.481 e. The molecule has 2 rings (SSSR count). The number of carboxylic acids is 2. The Hall–Kier alpha value is -4.99. The molecular weight excluding hydrogens is 588 g/mol. The Labute approximate surface area is 259 Å². The summed E-state index contributed by atoms with van der Waals surface area (Å²) < 4.78 is 0. The van der Waals surface area contributed by atoms with Crippen LogP contribution in [0.25, 0.3) is 10.9 Å². The van der Waals surface area contributed by atoms with E-state index in [0.717, 1.165) is 23.4 Å². The number of nitrogens with one attached hydrogen (secondary N) is 6. The molecular formula is C29H42N8O8. The fourth-order valence-electron chi connectivity index (χ4n) is 4.59. The van der Waals surface area contributed by atoms with Crippen molar-refractivity contribution in [3.8, 4) is 0 Å². The minimum Gasteiger partial charge on any atom is -0.481 e. The van der Waals surface area contributed by atoms with Crippen molar-refractivity contribution < 1.29 is 39.0 Å². The van der Waals surface area contributed by atoms with Gasteiger partial charge in [-0.05, 0) is 37.3 Å². The average molecular weight is 631 g/mol. The van der Waals surface area contributed by atoms with Crippen LogP contribution in [0.15, 0.2) is 30.5 Å². The fourth-order valence-corrected chi connectivity index (χ4v) is 4.59. The fraction of sp³-hybridized carbons (Fsp3) is 0.483. The lowest BCUT2D eigenvalue weighted by molar-refractivity contribution is -0.143. The van der Waals surface area contributed by atoms with Crippen LogP contribution in [0.5, 0.6) is 0 Å². The van der Waals surface area contributed by atoms with Crippen LogP contribution in [0.3, 0.4) is 0 Å². The van der Waals surface area contributed by atoms with E-state index in [1.54, 1.807) is 6.20 Å². The van der Waals surface area contributed by atoms with Crippen molar-refractivity contribution in [1.29, 1.82) is 5.41 Å². The Morgan fingerprint density at radius 2 is 1.56 bits per heavy atom. The molecule has 0 radical (unpaired) electrons. The standard InChI is InChI=1S/C29H42N8O8/c1-16(38)35-21(10-11-25(39)40)28(43)36-22(29(44)45)12-13-33-27(42)23(14-17-15-34-20-8-4-2-6-18(17)20)37-26(41)19(30)7-3-5-9-24(31)32/h2,4,6,8,15,19,21-23,34H,3,5,7,9-14,30H2,1H3,(H3,31,32)(H,33,42)(H,35,38)(H,36,43)(H,37,41)(H,39,40)(H,44,45)/t19-,21+,22+,23+/m0/s1. The van der Waals surface area contributed by atoms with Crippen LogP contribution in [0.1, 0.15) is 57.4 Å². The van der Waals surface area contributed by atoms with Gasteiger partial charge in [-0.2, -0.15) is 0 Å². The third kappa shape index (κ3) is 12.6. The summed E-state index contributed by atoms with van der Waals surface area (Å²) >= 11 is 0. The number of hydrogen-bond acceptors (Lipinski definition) is 8. The first kappa shape index (κ1) is 36.2. The molecule has 0 aliphatic heterocycles. The Kier molecular flexibility index (Phi) is 14.5. The highest BCUT2D eigenvalue weighted by molar-refractivity contribution is 5.92. The normalized spacial score (nSPS) is 13.6. The third-order valence-electron chi connectivity index (χ3n) is 6.97. The molecule has 16 heteroatoms. The summed E-state index contributed by atoms with van der Waals surface area (Å²) in [5.41, 5.74) is 13.0. The minimum atomic E-state index is -1.47. The summed E-state index contributed by atoms with van der Waals surface area (Å²) in [7, 11) is 0. The van der Waals surface area contributed by atoms with Crippen LogP contribution in [0.4, 0.5) is 0 Å². The number of unbranched alkanes of at least 4 members (excludes halogenated alkanes) is 1. The van der Waals surface area contributed by atoms with Crippen LogP contribution >= 0.6 is 0 Å². The van der Waals surface area contributed by atoms with Gasteiger partial charge in [-0.3, -0.25) is 29.4 Å². The number of aromatic amines is 1. The number of rotatable bonds is 20. The van der Waals surface area contributed by atoms with Crippen molar-refractivity contribution in [2.45, 2.75) is 82.5 Å². The van der Waals surface area contributed by atoms with Crippen LogP contribution < -0.4 is 32.7 Å². The van der Waals surface area contributed by atoms with E-state index in [2.05, 4.69) is 26.3 Å². The van der Waals surface area contributed by atoms with Gasteiger partial charge in [-0.15, -0.1) is 0 Å². The number of aromatic nitrogens is 1. The first-order valence-electron chi connectivity index (χ1n) is 14.5. The lowest BCUT2D eigenvalue weighted by atomic mass is 10.0. The molecule has 1 aromatic carbocycles. The zero-order valence-corrected chi connectivity index (χ0v) is 25.1. The van der Waals surface area contributed by atoms with E-state index in [1.807, 2.05) is 24.3 Å². The van der Waals surface area contributed by atoms with E-state index >= 15 is 0 Å². The van der Waals surface area contributed by atoms with E-state index in [1.165, 1.54) is 0 Å². The smallest absolute Gasteiger partial charge is 0.326 e. The van der Waals surface area contributed by atoms with Gasteiger partial charge in [0.2, 0.25) is 23.6 Å². The van der Waals surface area contributed by atoms with Gasteiger partial charge < -0.3 is 47.9 Å². The predicted molar refractivity (Wildman–Crippen MR) is 164 cm³/mol. The van der Waals surface area contributed by atoms with Gasteiger partial charge in [-0.25, -0.2) is 4.79 Å². The number of H-pyrrole nitrogens is 1. The van der Waals surface area contributed by atoms with Crippen molar-refractivity contribution >= 4 is 52.3 Å². The van der Waals surface area contributed by atoms with Gasteiger partial charge >= 0.3 is 11.9 Å². The predicted octanol–water partition coefficient (Wildman–Crippen LogP) is -0.536. The molecule has 0 saturated carbocycles. The van der Waals surface area contributed by atoms with Gasteiger partial charge in [0.15, 0.2) is 0 Å². The van der Waals surface area contributed by atoms with E-state index in [-0.39, 0.29) is 31.6 Å². The molecule has 1 aromatic heterocycles.